The first-order valence-electron chi connectivity index (χ1n) is 12.6. The molecular weight excluding hydrogens is 694 g/mol. The summed E-state index contributed by atoms with van der Waals surface area (Å²) in [5.74, 6) is 0.668. The molecule has 0 atom stereocenters. The van der Waals surface area contributed by atoms with Crippen molar-refractivity contribution >= 4 is 58.8 Å². The van der Waals surface area contributed by atoms with Crippen molar-refractivity contribution in [3.8, 4) is 11.4 Å². The summed E-state index contributed by atoms with van der Waals surface area (Å²) in [6.45, 7) is 0.385. The quantitative estimate of drug-likeness (QED) is 0.225. The van der Waals surface area contributed by atoms with Crippen LogP contribution in [0.4, 0.5) is 0 Å². The highest BCUT2D eigenvalue weighted by Gasteiger charge is 2.23. The van der Waals surface area contributed by atoms with Gasteiger partial charge < -0.3 is 9.30 Å². The van der Waals surface area contributed by atoms with E-state index in [1.807, 2.05) is 48.7 Å². The lowest BCUT2D eigenvalue weighted by atomic mass is 10.0. The molecule has 0 fully saturated rings. The van der Waals surface area contributed by atoms with E-state index in [-0.39, 0.29) is 5.43 Å². The van der Waals surface area contributed by atoms with Crippen molar-refractivity contribution in [2.75, 3.05) is 12.5 Å². The van der Waals surface area contributed by atoms with Gasteiger partial charge in [-0.15, -0.1) is 0 Å². The maximum absolute atomic E-state index is 13.7. The summed E-state index contributed by atoms with van der Waals surface area (Å²) in [7, 11) is -7.33. The molecule has 0 bridgehead atoms. The summed E-state index contributed by atoms with van der Waals surface area (Å²) in [6, 6.07) is 17.9. The highest BCUT2D eigenvalue weighted by atomic mass is 79.9. The molecule has 0 aliphatic carbocycles. The van der Waals surface area contributed by atoms with Gasteiger partial charge in [0.25, 0.3) is 20.2 Å². The zero-order valence-electron chi connectivity index (χ0n) is 23.3. The zero-order valence-corrected chi connectivity index (χ0v) is 27.3. The number of nitrogens with zero attached hydrogens (tertiary/aromatic N) is 3. The van der Waals surface area contributed by atoms with E-state index in [1.165, 1.54) is 0 Å². The monoisotopic (exact) mass is 719 g/mol. The molecule has 5 aromatic rings. The Morgan fingerprint density at radius 1 is 0.886 bits per heavy atom. The van der Waals surface area contributed by atoms with Gasteiger partial charge in [-0.05, 0) is 48.0 Å². The Labute approximate surface area is 266 Å². The highest BCUT2D eigenvalue weighted by Crippen LogP contribution is 2.44. The molecule has 0 spiro atoms. The van der Waals surface area contributed by atoms with Gasteiger partial charge in [0.15, 0.2) is 5.43 Å². The molecule has 0 saturated carbocycles. The van der Waals surface area contributed by atoms with E-state index in [0.29, 0.717) is 42.2 Å². The lowest BCUT2D eigenvalue weighted by Gasteiger charge is -2.24. The van der Waals surface area contributed by atoms with Gasteiger partial charge in [-0.1, -0.05) is 39.8 Å². The summed E-state index contributed by atoms with van der Waals surface area (Å²) in [6.07, 6.45) is 11.0. The number of fused-ring (bicyclic) bond motifs is 2. The largest absolute Gasteiger partial charge is 0.489 e. The molecule has 1 aliphatic rings. The van der Waals surface area contributed by atoms with Crippen molar-refractivity contribution in [2.24, 2.45) is 0 Å². The van der Waals surface area contributed by atoms with Crippen molar-refractivity contribution in [3.05, 3.63) is 117 Å². The molecule has 2 aromatic carbocycles. The van der Waals surface area contributed by atoms with E-state index in [0.717, 1.165) is 36.6 Å². The lowest BCUT2D eigenvalue weighted by Crippen LogP contribution is -2.17. The van der Waals surface area contributed by atoms with Crippen LogP contribution in [0.2, 0.25) is 0 Å². The molecule has 44 heavy (non-hydrogen) atoms. The topological polar surface area (TPSA) is 166 Å². The molecule has 6 rings (SSSR count). The van der Waals surface area contributed by atoms with Crippen molar-refractivity contribution in [3.63, 3.8) is 0 Å². The van der Waals surface area contributed by atoms with Gasteiger partial charge >= 0.3 is 0 Å². The Morgan fingerprint density at radius 2 is 1.50 bits per heavy atom. The Kier molecular flexibility index (Phi) is 10.6. The van der Waals surface area contributed by atoms with E-state index in [2.05, 4.69) is 42.6 Å². The Bertz CT molecular complexity index is 2030. The minimum absolute atomic E-state index is 0.0160. The molecule has 0 amide bonds. The molecule has 3 aromatic heterocycles. The number of rotatable bonds is 5. The first-order chi connectivity index (χ1) is 20.7. The van der Waals surface area contributed by atoms with Crippen molar-refractivity contribution in [1.82, 2.24) is 14.5 Å². The maximum atomic E-state index is 13.7. The van der Waals surface area contributed by atoms with Gasteiger partial charge in [0.2, 0.25) is 0 Å². The van der Waals surface area contributed by atoms with Crippen LogP contribution in [0.25, 0.3) is 16.6 Å². The molecule has 4 heterocycles. The van der Waals surface area contributed by atoms with Gasteiger partial charge in [0.1, 0.15) is 12.4 Å². The highest BCUT2D eigenvalue weighted by molar-refractivity contribution is 9.10. The van der Waals surface area contributed by atoms with Crippen LogP contribution in [0.15, 0.2) is 105 Å². The second-order valence-electron chi connectivity index (χ2n) is 9.54. The van der Waals surface area contributed by atoms with Gasteiger partial charge in [0, 0.05) is 62.8 Å². The summed E-state index contributed by atoms with van der Waals surface area (Å²) in [5, 5.41) is 0.651. The summed E-state index contributed by atoms with van der Waals surface area (Å²) in [4.78, 5) is 24.2. The molecule has 0 unspecified atom stereocenters. The average molecular weight is 721 g/mol. The zero-order chi connectivity index (χ0) is 32.1. The number of aromatic nitrogens is 3. The third-order valence-corrected chi connectivity index (χ3v) is 7.35. The van der Waals surface area contributed by atoms with Crippen LogP contribution in [-0.4, -0.2) is 53.0 Å². The van der Waals surface area contributed by atoms with Crippen molar-refractivity contribution in [1.29, 1.82) is 0 Å². The molecule has 230 valence electrons. The maximum Gasteiger partial charge on any atom is 0.261 e. The number of hydrogen-bond donors (Lipinski definition) is 2. The molecule has 0 saturated heterocycles. The SMILES string of the molecule is CS(=O)(=O)O.CS(=O)(=O)O.O=c1c(Cc2cccnc2)cn2c3c(cc(OCc4cccnc4)cc13)Sc1ccc(Br)cc1-2. The van der Waals surface area contributed by atoms with Crippen LogP contribution in [0, 0.1) is 0 Å². The number of ether oxygens (including phenoxy) is 1. The fourth-order valence-corrected chi connectivity index (χ4v) is 5.65. The van der Waals surface area contributed by atoms with Crippen LogP contribution < -0.4 is 10.2 Å². The molecular formula is C29H26BrN3O8S3. The lowest BCUT2D eigenvalue weighted by molar-refractivity contribution is 0.305. The number of halogens is 1. The second-order valence-corrected chi connectivity index (χ2v) is 14.5. The summed E-state index contributed by atoms with van der Waals surface area (Å²) < 4.78 is 61.0. The number of benzene rings is 2. The van der Waals surface area contributed by atoms with E-state index < -0.39 is 20.2 Å². The van der Waals surface area contributed by atoms with Crippen molar-refractivity contribution < 1.29 is 30.7 Å². The summed E-state index contributed by atoms with van der Waals surface area (Å²) in [5.41, 5.74) is 4.66. The predicted octanol–water partition coefficient (Wildman–Crippen LogP) is 5.19. The Morgan fingerprint density at radius 3 is 2.09 bits per heavy atom. The molecule has 0 radical (unpaired) electrons. The Hall–Kier alpha value is -3.60. The summed E-state index contributed by atoms with van der Waals surface area (Å²) >= 11 is 5.26. The van der Waals surface area contributed by atoms with Crippen LogP contribution in [0.3, 0.4) is 0 Å². The Balaban J connectivity index is 0.000000386. The van der Waals surface area contributed by atoms with E-state index >= 15 is 0 Å². The third kappa shape index (κ3) is 9.70. The predicted molar refractivity (Wildman–Crippen MR) is 172 cm³/mol. The van der Waals surface area contributed by atoms with Gasteiger partial charge in [0.05, 0.1) is 29.1 Å². The minimum atomic E-state index is -3.67. The second kappa shape index (κ2) is 14.0. The van der Waals surface area contributed by atoms with E-state index in [4.69, 9.17) is 13.8 Å². The first-order valence-corrected chi connectivity index (χ1v) is 17.9. The van der Waals surface area contributed by atoms with Crippen molar-refractivity contribution in [2.45, 2.75) is 22.8 Å². The molecule has 15 heteroatoms. The van der Waals surface area contributed by atoms with Gasteiger partial charge in [-0.2, -0.15) is 16.8 Å². The number of pyridine rings is 3. The standard InChI is InChI=1S/C27H18BrN3O2S.2CH4O3S/c28-20-5-6-24-23(10-20)31-15-19(9-17-3-1-7-29-13-17)27(32)22-11-21(12-25(34-24)26(22)31)33-16-18-4-2-8-30-14-18;2*1-5(2,3)4/h1-8,10-15H,9,16H2;2*1H3,(H,2,3,4). The van der Waals surface area contributed by atoms with E-state index in [9.17, 15) is 21.6 Å². The minimum Gasteiger partial charge on any atom is -0.489 e. The van der Waals surface area contributed by atoms with E-state index in [1.54, 1.807) is 36.5 Å². The number of hydrogen-bond acceptors (Lipinski definition) is 9. The fourth-order valence-electron chi connectivity index (χ4n) is 4.19. The smallest absolute Gasteiger partial charge is 0.261 e. The van der Waals surface area contributed by atoms with Crippen LogP contribution in [-0.2, 0) is 33.3 Å². The molecule has 11 nitrogen and oxygen atoms in total. The van der Waals surface area contributed by atoms with Gasteiger partial charge in [-0.3, -0.25) is 23.9 Å². The normalized spacial score (nSPS) is 11.8. The van der Waals surface area contributed by atoms with Gasteiger partial charge in [-0.25, -0.2) is 0 Å². The molecule has 2 N–H and O–H groups in total. The third-order valence-electron chi connectivity index (χ3n) is 5.76. The van der Waals surface area contributed by atoms with Crippen LogP contribution in [0.5, 0.6) is 5.75 Å². The van der Waals surface area contributed by atoms with Crippen LogP contribution in [0.1, 0.15) is 16.7 Å². The average Bonchev–Trinajstić information content (AvgIpc) is 2.94. The van der Waals surface area contributed by atoms with Crippen LogP contribution >= 0.6 is 27.7 Å². The first kappa shape index (κ1) is 33.3. The molecule has 1 aliphatic heterocycles. The fraction of sp³-hybridized carbons (Fsp3) is 0.138.